The minimum absolute atomic E-state index is 0. The van der Waals surface area contributed by atoms with Crippen molar-refractivity contribution in [1.29, 1.82) is 0 Å². The molecular formula is H9Mn3O20P5. The van der Waals surface area contributed by atoms with E-state index in [2.05, 4.69) is 0 Å². The molecular weight excluding hydrogens is 640 g/mol. The molecule has 28 heavy (non-hydrogen) atoms. The zero-order chi connectivity index (χ0) is 22.5. The Morgan fingerprint density at radius 3 is 0.357 bits per heavy atom. The molecule has 0 aliphatic rings. The van der Waals surface area contributed by atoms with Crippen LogP contribution < -0.4 is 29.4 Å². The fourth-order valence-electron chi connectivity index (χ4n) is 0. The van der Waals surface area contributed by atoms with Crippen molar-refractivity contribution < 1.29 is 147 Å². The standard InChI is InChI=1S/3Mn.5H3O4P/c;;;5*1-5(2,3)4/h;;;5*(H3,1,2,3,4)/q3*+2;;;;;/p-6. The molecule has 0 unspecified atom stereocenters. The molecule has 9 N–H and O–H groups in total. The SMILES string of the molecule is O=P(O)(O)O.O=P(O)(O)O.O=P(O)(O)O.O=P([O-])([O-])[O-].O=P([O-])([O-])[O-].[Mn+2].[Mn+2].[Mn+2]. The van der Waals surface area contributed by atoms with Crippen molar-refractivity contribution in [3.8, 4) is 0 Å². The van der Waals surface area contributed by atoms with Gasteiger partial charge in [-0.1, -0.05) is 0 Å². The second kappa shape index (κ2) is 22.3. The largest absolute Gasteiger partial charge is 2.00 e. The predicted molar refractivity (Wildman–Crippen MR) is 58.0 cm³/mol. The van der Waals surface area contributed by atoms with Crippen molar-refractivity contribution in [3.05, 3.63) is 0 Å². The van der Waals surface area contributed by atoms with Gasteiger partial charge in [-0.05, 0) is 0 Å². The summed E-state index contributed by atoms with van der Waals surface area (Å²) in [4.78, 5) is 116. The van der Waals surface area contributed by atoms with Gasteiger partial charge in [0.25, 0.3) is 0 Å². The Morgan fingerprint density at radius 1 is 0.357 bits per heavy atom. The Morgan fingerprint density at radius 2 is 0.357 bits per heavy atom. The summed E-state index contributed by atoms with van der Waals surface area (Å²) in [5.74, 6) is 0. The molecule has 0 spiro atoms. The fraction of sp³-hybridized carbons (Fsp3) is 0. The summed E-state index contributed by atoms with van der Waals surface area (Å²) in [6.45, 7) is 0. The molecule has 0 bridgehead atoms. The minimum Gasteiger partial charge on any atom is -0.822 e. The van der Waals surface area contributed by atoms with E-state index < -0.39 is 39.1 Å². The molecule has 0 heterocycles. The first-order valence-corrected chi connectivity index (χ1v) is 11.4. The van der Waals surface area contributed by atoms with Crippen LogP contribution >= 0.6 is 39.1 Å². The van der Waals surface area contributed by atoms with Gasteiger partial charge in [-0.3, -0.25) is 0 Å². The number of phosphoric acid groups is 5. The molecule has 0 aromatic heterocycles. The number of rotatable bonds is 0. The second-order valence-electron chi connectivity index (χ2n) is 2.43. The Bertz CT molecular complexity index is 379. The molecule has 0 amide bonds. The summed E-state index contributed by atoms with van der Waals surface area (Å²) < 4.78 is 43.7. The molecule has 0 atom stereocenters. The van der Waals surface area contributed by atoms with Crippen LogP contribution in [0.25, 0.3) is 0 Å². The molecule has 3 radical (unpaired) electrons. The van der Waals surface area contributed by atoms with E-state index >= 15 is 0 Å². The smallest absolute Gasteiger partial charge is 0.822 e. The van der Waals surface area contributed by atoms with Gasteiger partial charge in [0.1, 0.15) is 0 Å². The summed E-state index contributed by atoms with van der Waals surface area (Å²) in [6.07, 6.45) is 0. The van der Waals surface area contributed by atoms with Gasteiger partial charge in [-0.15, -0.1) is 0 Å². The van der Waals surface area contributed by atoms with Crippen LogP contribution in [0.1, 0.15) is 0 Å². The van der Waals surface area contributed by atoms with E-state index in [1.54, 1.807) is 0 Å². The van der Waals surface area contributed by atoms with Gasteiger partial charge in [0.2, 0.25) is 0 Å². The van der Waals surface area contributed by atoms with Crippen molar-refractivity contribution in [2.45, 2.75) is 0 Å². The third-order valence-electron chi connectivity index (χ3n) is 0. The van der Waals surface area contributed by atoms with E-state index in [0.29, 0.717) is 0 Å². The molecule has 20 nitrogen and oxygen atoms in total. The Labute approximate surface area is 186 Å². The normalized spacial score (nSPS) is 10.5. The van der Waals surface area contributed by atoms with Gasteiger partial charge in [0.15, 0.2) is 0 Å². The topological polar surface area (TPSA) is 406 Å². The van der Waals surface area contributed by atoms with E-state index in [1.807, 2.05) is 0 Å². The maximum absolute atomic E-state index is 8.88. The van der Waals surface area contributed by atoms with Gasteiger partial charge in [0.05, 0.1) is 0 Å². The van der Waals surface area contributed by atoms with E-state index in [1.165, 1.54) is 0 Å². The molecule has 0 aliphatic carbocycles. The van der Waals surface area contributed by atoms with Gasteiger partial charge in [-0.2, -0.15) is 15.6 Å². The van der Waals surface area contributed by atoms with Crippen molar-refractivity contribution >= 4 is 39.1 Å². The van der Waals surface area contributed by atoms with Crippen LogP contribution in [0.4, 0.5) is 0 Å². The van der Waals surface area contributed by atoms with E-state index in [9.17, 15) is 0 Å². The quantitative estimate of drug-likeness (QED) is 0.0869. The van der Waals surface area contributed by atoms with Crippen LogP contribution in [0.15, 0.2) is 0 Å². The van der Waals surface area contributed by atoms with Crippen molar-refractivity contribution in [1.82, 2.24) is 0 Å². The van der Waals surface area contributed by atoms with Gasteiger partial charge in [-0.25, -0.2) is 13.7 Å². The maximum atomic E-state index is 8.88. The van der Waals surface area contributed by atoms with Crippen LogP contribution in [0.3, 0.4) is 0 Å². The summed E-state index contributed by atoms with van der Waals surface area (Å²) >= 11 is 0. The van der Waals surface area contributed by atoms with E-state index in [4.69, 9.17) is 96.2 Å². The monoisotopic (exact) mass is 649 g/mol. The summed E-state index contributed by atoms with van der Waals surface area (Å²) in [6, 6.07) is 0. The molecule has 0 rings (SSSR count). The first kappa shape index (κ1) is 52.2. The Kier molecular flexibility index (Phi) is 41.6. The average Bonchev–Trinajstić information content (AvgIpc) is 1.79. The fourth-order valence-corrected chi connectivity index (χ4v) is 0. The summed E-state index contributed by atoms with van der Waals surface area (Å²) in [5, 5.41) is 0. The van der Waals surface area contributed by atoms with Gasteiger partial charge in [0, 0.05) is 0 Å². The maximum Gasteiger partial charge on any atom is 2.00 e. The first-order chi connectivity index (χ1) is 10.0. The predicted octanol–water partition coefficient (Wildman–Crippen LogP) is -8.44. The molecule has 0 aliphatic heterocycles. The van der Waals surface area contributed by atoms with E-state index in [-0.39, 0.29) is 51.2 Å². The Balaban J connectivity index is -0.0000000290. The van der Waals surface area contributed by atoms with Crippen LogP contribution in [0.2, 0.25) is 0 Å². The minimum atomic E-state index is -5.39. The molecule has 0 aromatic carbocycles. The third kappa shape index (κ3) is 4650. The van der Waals surface area contributed by atoms with Crippen LogP contribution in [0.5, 0.6) is 0 Å². The summed E-state index contributed by atoms with van der Waals surface area (Å²) in [5.41, 5.74) is 0. The average molecular weight is 649 g/mol. The van der Waals surface area contributed by atoms with Crippen LogP contribution in [-0.4, -0.2) is 44.0 Å². The molecule has 0 aromatic rings. The van der Waals surface area contributed by atoms with Crippen molar-refractivity contribution in [3.63, 3.8) is 0 Å². The van der Waals surface area contributed by atoms with Crippen LogP contribution in [0, 0.1) is 0 Å². The molecule has 28 heteroatoms. The molecule has 0 saturated carbocycles. The molecule has 0 fully saturated rings. The number of hydrogen-bond acceptors (Lipinski definition) is 11. The third-order valence-corrected chi connectivity index (χ3v) is 0. The zero-order valence-electron chi connectivity index (χ0n) is 11.9. The summed E-state index contributed by atoms with van der Waals surface area (Å²) in [7, 11) is -24.7. The van der Waals surface area contributed by atoms with Crippen LogP contribution in [-0.2, 0) is 74.0 Å². The molecule has 0 saturated heterocycles. The van der Waals surface area contributed by atoms with Gasteiger partial charge >= 0.3 is 74.7 Å². The zero-order valence-corrected chi connectivity index (χ0v) is 19.9. The Hall–Kier alpha value is 2.11. The first-order valence-electron chi connectivity index (χ1n) is 3.81. The van der Waals surface area contributed by atoms with Crippen molar-refractivity contribution in [2.24, 2.45) is 0 Å². The second-order valence-corrected chi connectivity index (χ2v) is 7.30. The van der Waals surface area contributed by atoms with Gasteiger partial charge < -0.3 is 82.5 Å². The van der Waals surface area contributed by atoms with E-state index in [0.717, 1.165) is 0 Å². The van der Waals surface area contributed by atoms with Crippen molar-refractivity contribution in [2.75, 3.05) is 0 Å². The molecule has 175 valence electrons. The number of hydrogen-bond donors (Lipinski definition) is 9.